The molecule has 0 saturated heterocycles. The highest BCUT2D eigenvalue weighted by Gasteiger charge is 2.25. The van der Waals surface area contributed by atoms with Crippen LogP contribution in [0.25, 0.3) is 17.2 Å². The highest BCUT2D eigenvalue weighted by molar-refractivity contribution is 6.06. The molecule has 3 aromatic carbocycles. The van der Waals surface area contributed by atoms with Crippen molar-refractivity contribution < 1.29 is 23.8 Å². The molecule has 2 N–H and O–H groups in total. The molecule has 168 valence electrons. The second-order valence-corrected chi connectivity index (χ2v) is 7.67. The number of amides is 1. The van der Waals surface area contributed by atoms with Gasteiger partial charge >= 0.3 is 0 Å². The highest BCUT2D eigenvalue weighted by Crippen LogP contribution is 2.44. The number of phenols is 1. The van der Waals surface area contributed by atoms with Gasteiger partial charge in [0, 0.05) is 12.1 Å². The predicted octanol–water partition coefficient (Wildman–Crippen LogP) is 5.31. The van der Waals surface area contributed by atoms with Crippen LogP contribution < -0.4 is 14.8 Å². The van der Waals surface area contributed by atoms with E-state index in [0.717, 1.165) is 33.4 Å². The summed E-state index contributed by atoms with van der Waals surface area (Å²) in [7, 11) is 2.94. The molecule has 4 rings (SSSR count). The molecule has 0 aliphatic heterocycles. The van der Waals surface area contributed by atoms with E-state index in [4.69, 9.17) is 9.47 Å². The zero-order chi connectivity index (χ0) is 23.5. The summed E-state index contributed by atoms with van der Waals surface area (Å²) in [5, 5.41) is 13.2. The van der Waals surface area contributed by atoms with Crippen molar-refractivity contribution in [2.24, 2.45) is 0 Å². The number of carbonyl (C=O) groups is 1. The number of nitrogens with one attached hydrogen (secondary N) is 1. The number of aromatic hydroxyl groups is 1. The Morgan fingerprint density at radius 3 is 2.30 bits per heavy atom. The molecule has 1 aliphatic rings. The Morgan fingerprint density at radius 1 is 1.00 bits per heavy atom. The molecule has 0 bridgehead atoms. The molecule has 33 heavy (non-hydrogen) atoms. The minimum Gasteiger partial charge on any atom is -0.502 e. The van der Waals surface area contributed by atoms with E-state index in [9.17, 15) is 14.3 Å². The molecular formula is C27H24FNO4. The minimum absolute atomic E-state index is 0.0763. The number of rotatable bonds is 6. The molecular weight excluding hydrogens is 421 g/mol. The summed E-state index contributed by atoms with van der Waals surface area (Å²) in [4.78, 5) is 12.6. The van der Waals surface area contributed by atoms with Gasteiger partial charge in [-0.15, -0.1) is 0 Å². The van der Waals surface area contributed by atoms with Gasteiger partial charge in [-0.05, 0) is 82.8 Å². The van der Waals surface area contributed by atoms with E-state index in [0.29, 0.717) is 5.56 Å². The standard InChI is InChI=1S/C27H24FNO4/c1-16-21(11-17-12-24(32-2)26(30)25(13-17)33-3)20-10-9-19(28)14-22(20)23(16)15-29-27(31)18-7-5-4-6-8-18/h4-14,30H,15H2,1-3H3,(H,29,31)/b21-11-. The van der Waals surface area contributed by atoms with Gasteiger partial charge in [-0.1, -0.05) is 24.3 Å². The van der Waals surface area contributed by atoms with Crippen molar-refractivity contribution in [2.45, 2.75) is 6.92 Å². The quantitative estimate of drug-likeness (QED) is 0.540. The smallest absolute Gasteiger partial charge is 0.251 e. The summed E-state index contributed by atoms with van der Waals surface area (Å²) in [6.45, 7) is 2.21. The lowest BCUT2D eigenvalue weighted by atomic mass is 10.00. The number of hydrogen-bond donors (Lipinski definition) is 2. The van der Waals surface area contributed by atoms with Crippen molar-refractivity contribution in [2.75, 3.05) is 20.8 Å². The van der Waals surface area contributed by atoms with Crippen molar-refractivity contribution in [1.82, 2.24) is 5.32 Å². The lowest BCUT2D eigenvalue weighted by Gasteiger charge is -2.11. The van der Waals surface area contributed by atoms with Gasteiger partial charge < -0.3 is 19.9 Å². The van der Waals surface area contributed by atoms with E-state index in [1.807, 2.05) is 19.1 Å². The van der Waals surface area contributed by atoms with Crippen molar-refractivity contribution in [3.63, 3.8) is 0 Å². The topological polar surface area (TPSA) is 67.8 Å². The van der Waals surface area contributed by atoms with Crippen LogP contribution in [-0.2, 0) is 0 Å². The number of methoxy groups -OCH3 is 2. The molecule has 0 unspecified atom stereocenters. The molecule has 0 atom stereocenters. The first kappa shape index (κ1) is 22.1. The van der Waals surface area contributed by atoms with Crippen LogP contribution in [0, 0.1) is 5.82 Å². The van der Waals surface area contributed by atoms with Gasteiger partial charge in [0.2, 0.25) is 5.75 Å². The van der Waals surface area contributed by atoms with Crippen LogP contribution >= 0.6 is 0 Å². The molecule has 0 fully saturated rings. The maximum Gasteiger partial charge on any atom is 0.251 e. The minimum atomic E-state index is -0.345. The summed E-state index contributed by atoms with van der Waals surface area (Å²) >= 11 is 0. The third kappa shape index (κ3) is 4.32. The SMILES string of the molecule is COc1cc(/C=C2/C(C)=C(CNC(=O)c3ccccc3)c3cc(F)ccc32)cc(OC)c1O. The van der Waals surface area contributed by atoms with Crippen molar-refractivity contribution in [1.29, 1.82) is 0 Å². The monoisotopic (exact) mass is 445 g/mol. The molecule has 1 amide bonds. The molecule has 0 spiro atoms. The van der Waals surface area contributed by atoms with Crippen molar-refractivity contribution in [3.8, 4) is 17.2 Å². The number of ether oxygens (including phenoxy) is 2. The lowest BCUT2D eigenvalue weighted by Crippen LogP contribution is -2.25. The lowest BCUT2D eigenvalue weighted by molar-refractivity contribution is 0.0958. The Bertz CT molecular complexity index is 1250. The third-order valence-corrected chi connectivity index (χ3v) is 5.73. The van der Waals surface area contributed by atoms with Gasteiger partial charge in [0.15, 0.2) is 11.5 Å². The Kier molecular flexibility index (Phi) is 6.18. The maximum absolute atomic E-state index is 14.1. The van der Waals surface area contributed by atoms with Crippen LogP contribution in [0.4, 0.5) is 4.39 Å². The predicted molar refractivity (Wildman–Crippen MR) is 127 cm³/mol. The normalized spacial score (nSPS) is 13.8. The number of fused-ring (bicyclic) bond motifs is 1. The summed E-state index contributed by atoms with van der Waals surface area (Å²) in [5.41, 5.74) is 5.58. The number of hydrogen-bond acceptors (Lipinski definition) is 4. The maximum atomic E-state index is 14.1. The van der Waals surface area contributed by atoms with E-state index in [-0.39, 0.29) is 35.5 Å². The molecule has 0 aromatic heterocycles. The van der Waals surface area contributed by atoms with E-state index < -0.39 is 0 Å². The van der Waals surface area contributed by atoms with Gasteiger partial charge in [-0.25, -0.2) is 4.39 Å². The summed E-state index contributed by atoms with van der Waals surface area (Å²) < 4.78 is 24.7. The van der Waals surface area contributed by atoms with Crippen molar-refractivity contribution in [3.05, 3.63) is 94.3 Å². The first-order valence-electron chi connectivity index (χ1n) is 10.4. The summed E-state index contributed by atoms with van der Waals surface area (Å²) in [5.74, 6) is -0.0411. The number of halogens is 1. The Morgan fingerprint density at radius 2 is 1.67 bits per heavy atom. The zero-order valence-electron chi connectivity index (χ0n) is 18.6. The highest BCUT2D eigenvalue weighted by atomic mass is 19.1. The summed E-state index contributed by atoms with van der Waals surface area (Å²) in [6.07, 6.45) is 1.93. The fourth-order valence-corrected chi connectivity index (χ4v) is 4.01. The van der Waals surface area contributed by atoms with Gasteiger partial charge in [-0.2, -0.15) is 0 Å². The zero-order valence-corrected chi connectivity index (χ0v) is 18.6. The van der Waals surface area contributed by atoms with Crippen LogP contribution in [0.15, 0.2) is 66.2 Å². The molecule has 3 aromatic rings. The van der Waals surface area contributed by atoms with Gasteiger partial charge in [0.05, 0.1) is 14.2 Å². The van der Waals surface area contributed by atoms with Crippen LogP contribution in [0.2, 0.25) is 0 Å². The van der Waals surface area contributed by atoms with E-state index >= 15 is 0 Å². The van der Waals surface area contributed by atoms with Crippen LogP contribution in [0.1, 0.15) is 34.0 Å². The Labute approximate surface area is 191 Å². The van der Waals surface area contributed by atoms with Crippen LogP contribution in [0.5, 0.6) is 17.2 Å². The Hall–Kier alpha value is -4.06. The van der Waals surface area contributed by atoms with E-state index in [2.05, 4.69) is 5.32 Å². The second kappa shape index (κ2) is 9.20. The third-order valence-electron chi connectivity index (χ3n) is 5.73. The number of allylic oxidation sites excluding steroid dienone is 2. The first-order chi connectivity index (χ1) is 15.9. The molecule has 5 nitrogen and oxygen atoms in total. The number of benzene rings is 3. The first-order valence-corrected chi connectivity index (χ1v) is 10.4. The Balaban J connectivity index is 1.73. The molecule has 0 heterocycles. The van der Waals surface area contributed by atoms with Gasteiger partial charge in [0.1, 0.15) is 5.82 Å². The van der Waals surface area contributed by atoms with Crippen LogP contribution in [-0.4, -0.2) is 31.8 Å². The van der Waals surface area contributed by atoms with E-state index in [1.54, 1.807) is 42.5 Å². The summed E-state index contributed by atoms with van der Waals surface area (Å²) in [6, 6.07) is 17.0. The largest absolute Gasteiger partial charge is 0.502 e. The second-order valence-electron chi connectivity index (χ2n) is 7.67. The average molecular weight is 445 g/mol. The number of phenolic OH excluding ortho intramolecular Hbond substituents is 1. The van der Waals surface area contributed by atoms with Gasteiger partial charge in [-0.3, -0.25) is 4.79 Å². The van der Waals surface area contributed by atoms with Gasteiger partial charge in [0.25, 0.3) is 5.91 Å². The molecule has 6 heteroatoms. The van der Waals surface area contributed by atoms with E-state index in [1.165, 1.54) is 26.4 Å². The number of carbonyl (C=O) groups excluding carboxylic acids is 1. The average Bonchev–Trinajstić information content (AvgIpc) is 3.08. The fourth-order valence-electron chi connectivity index (χ4n) is 4.01. The molecule has 1 aliphatic carbocycles. The fraction of sp³-hybridized carbons (Fsp3) is 0.148. The molecule has 0 radical (unpaired) electrons. The van der Waals surface area contributed by atoms with Crippen molar-refractivity contribution >= 4 is 23.1 Å². The molecule has 0 saturated carbocycles. The van der Waals surface area contributed by atoms with Crippen LogP contribution in [0.3, 0.4) is 0 Å².